The number of anilines is 1. The summed E-state index contributed by atoms with van der Waals surface area (Å²) >= 11 is 0. The second kappa shape index (κ2) is 2.97. The van der Waals surface area contributed by atoms with Crippen LogP contribution in [-0.4, -0.2) is 14.8 Å². The van der Waals surface area contributed by atoms with Crippen LogP contribution in [0.1, 0.15) is 18.3 Å². The van der Waals surface area contributed by atoms with Crippen LogP contribution in [0, 0.1) is 6.92 Å². The molecule has 2 rings (SSSR count). The molecule has 2 N–H and O–H groups in total. The van der Waals surface area contributed by atoms with Gasteiger partial charge >= 0.3 is 0 Å². The zero-order chi connectivity index (χ0) is 10.3. The van der Waals surface area contributed by atoms with Crippen LogP contribution in [0.15, 0.2) is 6.07 Å². The summed E-state index contributed by atoms with van der Waals surface area (Å²) in [5, 5.41) is 5.46. The zero-order valence-corrected chi connectivity index (χ0v) is 8.70. The van der Waals surface area contributed by atoms with Crippen molar-refractivity contribution in [3.63, 3.8) is 0 Å². The van der Waals surface area contributed by atoms with Crippen molar-refractivity contribution in [3.05, 3.63) is 17.5 Å². The second-order valence-corrected chi connectivity index (χ2v) is 3.46. The number of nitrogen functional groups attached to an aromatic ring is 1. The third kappa shape index (κ3) is 1.14. The van der Waals surface area contributed by atoms with E-state index in [2.05, 4.69) is 17.0 Å². The van der Waals surface area contributed by atoms with Crippen LogP contribution >= 0.6 is 0 Å². The molecule has 0 unspecified atom stereocenters. The van der Waals surface area contributed by atoms with Crippen molar-refractivity contribution in [3.8, 4) is 0 Å². The van der Waals surface area contributed by atoms with Gasteiger partial charge in [-0.15, -0.1) is 0 Å². The summed E-state index contributed by atoms with van der Waals surface area (Å²) in [6.07, 6.45) is 0.904. The number of fused-ring (bicyclic) bond motifs is 1. The molecule has 0 atom stereocenters. The van der Waals surface area contributed by atoms with E-state index in [1.54, 1.807) is 4.68 Å². The number of hydrogen-bond acceptors (Lipinski definition) is 3. The first-order valence-electron chi connectivity index (χ1n) is 4.72. The van der Waals surface area contributed by atoms with Gasteiger partial charge in [-0.1, -0.05) is 6.92 Å². The van der Waals surface area contributed by atoms with Crippen LogP contribution in [0.25, 0.3) is 11.0 Å². The van der Waals surface area contributed by atoms with Crippen LogP contribution < -0.4 is 5.73 Å². The molecule has 2 aromatic heterocycles. The van der Waals surface area contributed by atoms with Gasteiger partial charge in [0.05, 0.1) is 17.1 Å². The van der Waals surface area contributed by atoms with E-state index in [9.17, 15) is 0 Å². The molecular weight excluding hydrogens is 176 g/mol. The van der Waals surface area contributed by atoms with Gasteiger partial charge in [0.25, 0.3) is 0 Å². The fourth-order valence-electron chi connectivity index (χ4n) is 1.61. The van der Waals surface area contributed by atoms with E-state index >= 15 is 0 Å². The Morgan fingerprint density at radius 2 is 2.21 bits per heavy atom. The minimum atomic E-state index is 0.736. The Hall–Kier alpha value is -1.58. The molecule has 0 saturated heterocycles. The summed E-state index contributed by atoms with van der Waals surface area (Å²) < 4.78 is 1.81. The lowest BCUT2D eigenvalue weighted by Gasteiger charge is -1.99. The predicted molar refractivity (Wildman–Crippen MR) is 57.0 cm³/mol. The summed E-state index contributed by atoms with van der Waals surface area (Å²) in [6, 6.07) is 1.96. The highest BCUT2D eigenvalue weighted by molar-refractivity contribution is 5.82. The zero-order valence-electron chi connectivity index (χ0n) is 8.70. The molecule has 2 heterocycles. The highest BCUT2D eigenvalue weighted by Gasteiger charge is 2.09. The fourth-order valence-corrected chi connectivity index (χ4v) is 1.61. The van der Waals surface area contributed by atoms with Gasteiger partial charge in [-0.3, -0.25) is 4.68 Å². The number of rotatable bonds is 1. The van der Waals surface area contributed by atoms with Crippen molar-refractivity contribution in [2.45, 2.75) is 20.3 Å². The van der Waals surface area contributed by atoms with Gasteiger partial charge in [0.1, 0.15) is 0 Å². The molecule has 0 aliphatic rings. The van der Waals surface area contributed by atoms with Crippen molar-refractivity contribution in [1.29, 1.82) is 0 Å². The highest BCUT2D eigenvalue weighted by Crippen LogP contribution is 2.21. The van der Waals surface area contributed by atoms with Gasteiger partial charge in [-0.25, -0.2) is 4.98 Å². The second-order valence-electron chi connectivity index (χ2n) is 3.46. The summed E-state index contributed by atoms with van der Waals surface area (Å²) in [5.41, 5.74) is 9.39. The topological polar surface area (TPSA) is 56.7 Å². The standard InChI is InChI=1S/C10H14N4/c1-4-9-7-5-8(11)6(2)12-10(7)14(3)13-9/h5H,4,11H2,1-3H3. The Labute approximate surface area is 82.7 Å². The molecule has 0 radical (unpaired) electrons. The van der Waals surface area contributed by atoms with E-state index in [0.717, 1.165) is 34.5 Å². The molecular formula is C10H14N4. The Morgan fingerprint density at radius 3 is 2.86 bits per heavy atom. The smallest absolute Gasteiger partial charge is 0.158 e. The van der Waals surface area contributed by atoms with Crippen molar-refractivity contribution in [2.75, 3.05) is 5.73 Å². The Kier molecular flexibility index (Phi) is 1.91. The molecule has 0 spiro atoms. The maximum Gasteiger partial charge on any atom is 0.158 e. The van der Waals surface area contributed by atoms with Gasteiger partial charge in [0.2, 0.25) is 0 Å². The van der Waals surface area contributed by atoms with E-state index in [1.807, 2.05) is 20.0 Å². The van der Waals surface area contributed by atoms with Crippen LogP contribution in [0.2, 0.25) is 0 Å². The first-order valence-corrected chi connectivity index (χ1v) is 4.72. The number of nitrogens with zero attached hydrogens (tertiary/aromatic N) is 3. The number of nitrogens with two attached hydrogens (primary N) is 1. The minimum absolute atomic E-state index is 0.736. The van der Waals surface area contributed by atoms with E-state index in [-0.39, 0.29) is 0 Å². The van der Waals surface area contributed by atoms with E-state index < -0.39 is 0 Å². The molecule has 0 amide bonds. The van der Waals surface area contributed by atoms with Crippen LogP contribution in [0.4, 0.5) is 5.69 Å². The van der Waals surface area contributed by atoms with Gasteiger partial charge in [0.15, 0.2) is 5.65 Å². The third-order valence-corrected chi connectivity index (χ3v) is 2.46. The SMILES string of the molecule is CCc1nn(C)c2nc(C)c(N)cc12. The number of aryl methyl sites for hydroxylation is 3. The summed E-state index contributed by atoms with van der Waals surface area (Å²) in [4.78, 5) is 4.42. The summed E-state index contributed by atoms with van der Waals surface area (Å²) in [5.74, 6) is 0. The average molecular weight is 190 g/mol. The quantitative estimate of drug-likeness (QED) is 0.740. The lowest BCUT2D eigenvalue weighted by atomic mass is 10.2. The molecule has 0 aromatic carbocycles. The molecule has 4 heteroatoms. The van der Waals surface area contributed by atoms with Crippen molar-refractivity contribution in [1.82, 2.24) is 14.8 Å². The normalized spacial score (nSPS) is 11.1. The number of hydrogen-bond donors (Lipinski definition) is 1. The van der Waals surface area contributed by atoms with Crippen LogP contribution in [-0.2, 0) is 13.5 Å². The molecule has 0 saturated carbocycles. The molecule has 14 heavy (non-hydrogen) atoms. The van der Waals surface area contributed by atoms with Crippen molar-refractivity contribution >= 4 is 16.7 Å². The maximum atomic E-state index is 5.82. The van der Waals surface area contributed by atoms with Crippen molar-refractivity contribution < 1.29 is 0 Å². The molecule has 0 fully saturated rings. The van der Waals surface area contributed by atoms with Crippen LogP contribution in [0.5, 0.6) is 0 Å². The number of pyridine rings is 1. The molecule has 0 bridgehead atoms. The van der Waals surface area contributed by atoms with E-state index in [4.69, 9.17) is 5.73 Å². The molecule has 74 valence electrons. The lowest BCUT2D eigenvalue weighted by Crippen LogP contribution is -1.96. The van der Waals surface area contributed by atoms with E-state index in [0.29, 0.717) is 0 Å². The first kappa shape index (κ1) is 8.99. The first-order chi connectivity index (χ1) is 6.63. The maximum absolute atomic E-state index is 5.82. The van der Waals surface area contributed by atoms with Gasteiger partial charge in [-0.05, 0) is 19.4 Å². The average Bonchev–Trinajstić information content (AvgIpc) is 2.45. The lowest BCUT2D eigenvalue weighted by molar-refractivity contribution is 0.761. The van der Waals surface area contributed by atoms with Gasteiger partial charge in [0, 0.05) is 12.4 Å². The third-order valence-electron chi connectivity index (χ3n) is 2.46. The Bertz CT molecular complexity index is 484. The highest BCUT2D eigenvalue weighted by atomic mass is 15.3. The predicted octanol–water partition coefficient (Wildman–Crippen LogP) is 1.42. The molecule has 4 nitrogen and oxygen atoms in total. The Balaban J connectivity index is 2.84. The fraction of sp³-hybridized carbons (Fsp3) is 0.400. The van der Waals surface area contributed by atoms with Crippen LogP contribution in [0.3, 0.4) is 0 Å². The van der Waals surface area contributed by atoms with Gasteiger partial charge < -0.3 is 5.73 Å². The number of aromatic nitrogens is 3. The van der Waals surface area contributed by atoms with Gasteiger partial charge in [-0.2, -0.15) is 5.10 Å². The van der Waals surface area contributed by atoms with E-state index in [1.165, 1.54) is 0 Å². The molecule has 0 aliphatic heterocycles. The van der Waals surface area contributed by atoms with Crippen molar-refractivity contribution in [2.24, 2.45) is 7.05 Å². The molecule has 0 aliphatic carbocycles. The summed E-state index contributed by atoms with van der Waals surface area (Å²) in [7, 11) is 1.91. The monoisotopic (exact) mass is 190 g/mol. The molecule has 2 aromatic rings. The summed E-state index contributed by atoms with van der Waals surface area (Å²) in [6.45, 7) is 3.99. The minimum Gasteiger partial charge on any atom is -0.397 e. The Morgan fingerprint density at radius 1 is 1.50 bits per heavy atom. The largest absolute Gasteiger partial charge is 0.397 e.